The van der Waals surface area contributed by atoms with E-state index in [9.17, 15) is 4.39 Å². The molecule has 0 saturated heterocycles. The first-order valence-electron chi connectivity index (χ1n) is 2.96. The average molecular weight is 176 g/mol. The van der Waals surface area contributed by atoms with Gasteiger partial charge in [-0.25, -0.2) is 9.97 Å². The topological polar surface area (TPSA) is 29.0 Å². The van der Waals surface area contributed by atoms with Gasteiger partial charge in [0.2, 0.25) is 5.82 Å². The molecule has 0 fully saturated rings. The highest BCUT2D eigenvalue weighted by Gasteiger charge is 2.09. The first-order chi connectivity index (χ1) is 5.13. The van der Waals surface area contributed by atoms with E-state index in [-0.39, 0.29) is 11.0 Å². The fourth-order valence-electron chi connectivity index (χ4n) is 0.652. The standard InChI is InChI=1S/C6H7ClFN3/c1-11(2)6-4(8)5(7)9-3-10-6/h3H,1-2H3. The summed E-state index contributed by atoms with van der Waals surface area (Å²) in [6.07, 6.45) is 1.22. The van der Waals surface area contributed by atoms with Gasteiger partial charge in [-0.2, -0.15) is 4.39 Å². The normalized spacial score (nSPS) is 9.82. The van der Waals surface area contributed by atoms with Crippen LogP contribution in [-0.2, 0) is 0 Å². The maximum Gasteiger partial charge on any atom is 0.202 e. The Hall–Kier alpha value is -0.900. The van der Waals surface area contributed by atoms with Crippen LogP contribution in [0.4, 0.5) is 10.2 Å². The van der Waals surface area contributed by atoms with Crippen molar-refractivity contribution >= 4 is 17.4 Å². The van der Waals surface area contributed by atoms with E-state index >= 15 is 0 Å². The van der Waals surface area contributed by atoms with Crippen molar-refractivity contribution in [1.29, 1.82) is 0 Å². The second kappa shape index (κ2) is 3.00. The first kappa shape index (κ1) is 8.20. The van der Waals surface area contributed by atoms with E-state index in [2.05, 4.69) is 9.97 Å². The van der Waals surface area contributed by atoms with E-state index in [0.717, 1.165) is 0 Å². The zero-order valence-corrected chi connectivity index (χ0v) is 6.93. The van der Waals surface area contributed by atoms with E-state index in [1.54, 1.807) is 14.1 Å². The third kappa shape index (κ3) is 1.57. The lowest BCUT2D eigenvalue weighted by molar-refractivity contribution is 0.612. The zero-order chi connectivity index (χ0) is 8.43. The van der Waals surface area contributed by atoms with Gasteiger partial charge in [-0.1, -0.05) is 11.6 Å². The summed E-state index contributed by atoms with van der Waals surface area (Å²) in [6, 6.07) is 0. The van der Waals surface area contributed by atoms with Crippen LogP contribution < -0.4 is 4.90 Å². The molecule has 0 saturated carbocycles. The van der Waals surface area contributed by atoms with Gasteiger partial charge in [-0.05, 0) is 0 Å². The number of rotatable bonds is 1. The molecule has 0 unspecified atom stereocenters. The summed E-state index contributed by atoms with van der Waals surface area (Å²) in [5, 5.41) is -0.149. The Balaban J connectivity index is 3.17. The van der Waals surface area contributed by atoms with Crippen LogP contribution in [0.3, 0.4) is 0 Å². The van der Waals surface area contributed by atoms with Crippen molar-refractivity contribution in [3.63, 3.8) is 0 Å². The molecule has 0 bridgehead atoms. The Labute approximate surface area is 68.8 Å². The zero-order valence-electron chi connectivity index (χ0n) is 6.17. The van der Waals surface area contributed by atoms with Crippen LogP contribution in [0.25, 0.3) is 0 Å². The molecule has 3 nitrogen and oxygen atoms in total. The Morgan fingerprint density at radius 3 is 2.55 bits per heavy atom. The van der Waals surface area contributed by atoms with Crippen molar-refractivity contribution in [2.24, 2.45) is 0 Å². The molecule has 5 heteroatoms. The third-order valence-electron chi connectivity index (χ3n) is 1.15. The molecule has 1 aromatic rings. The molecular formula is C6H7ClFN3. The summed E-state index contributed by atoms with van der Waals surface area (Å²) in [6.45, 7) is 0. The fourth-order valence-corrected chi connectivity index (χ4v) is 0.780. The molecular weight excluding hydrogens is 169 g/mol. The minimum absolute atomic E-state index is 0.149. The van der Waals surface area contributed by atoms with Crippen molar-refractivity contribution in [1.82, 2.24) is 9.97 Å². The molecule has 0 aromatic carbocycles. The van der Waals surface area contributed by atoms with Gasteiger partial charge in [0.15, 0.2) is 11.0 Å². The van der Waals surface area contributed by atoms with Gasteiger partial charge in [-0.3, -0.25) is 0 Å². The first-order valence-corrected chi connectivity index (χ1v) is 3.34. The number of anilines is 1. The molecule has 0 amide bonds. The maximum absolute atomic E-state index is 13.0. The van der Waals surface area contributed by atoms with E-state index in [0.29, 0.717) is 0 Å². The van der Waals surface area contributed by atoms with E-state index in [1.807, 2.05) is 0 Å². The molecule has 0 atom stereocenters. The molecule has 1 rings (SSSR count). The Kier molecular flexibility index (Phi) is 2.24. The summed E-state index contributed by atoms with van der Waals surface area (Å²) >= 11 is 5.41. The summed E-state index contributed by atoms with van der Waals surface area (Å²) in [4.78, 5) is 8.70. The molecule has 11 heavy (non-hydrogen) atoms. The molecule has 1 aromatic heterocycles. The highest BCUT2D eigenvalue weighted by Crippen LogP contribution is 2.18. The summed E-state index contributed by atoms with van der Waals surface area (Å²) in [5.74, 6) is -0.385. The van der Waals surface area contributed by atoms with Crippen molar-refractivity contribution < 1.29 is 4.39 Å². The van der Waals surface area contributed by atoms with Crippen LogP contribution in [-0.4, -0.2) is 24.1 Å². The minimum Gasteiger partial charge on any atom is -0.360 e. The number of hydrogen-bond donors (Lipinski definition) is 0. The Morgan fingerprint density at radius 2 is 2.09 bits per heavy atom. The summed E-state index contributed by atoms with van der Waals surface area (Å²) < 4.78 is 13.0. The lowest BCUT2D eigenvalue weighted by atomic mass is 10.5. The fraction of sp³-hybridized carbons (Fsp3) is 0.333. The predicted molar refractivity (Wildman–Crippen MR) is 41.3 cm³/mol. The van der Waals surface area contributed by atoms with Crippen LogP contribution in [0, 0.1) is 5.82 Å². The molecule has 0 aliphatic carbocycles. The SMILES string of the molecule is CN(C)c1ncnc(Cl)c1F. The third-order valence-corrected chi connectivity index (χ3v) is 1.42. The van der Waals surface area contributed by atoms with E-state index in [4.69, 9.17) is 11.6 Å². The quantitative estimate of drug-likeness (QED) is 0.603. The lowest BCUT2D eigenvalue weighted by Crippen LogP contribution is -2.13. The average Bonchev–Trinajstić information content (AvgIpc) is 1.94. The van der Waals surface area contributed by atoms with Crippen LogP contribution in [0.5, 0.6) is 0 Å². The van der Waals surface area contributed by atoms with Crippen molar-refractivity contribution in [3.05, 3.63) is 17.3 Å². The smallest absolute Gasteiger partial charge is 0.202 e. The highest BCUT2D eigenvalue weighted by atomic mass is 35.5. The Bertz CT molecular complexity index is 264. The van der Waals surface area contributed by atoms with Gasteiger partial charge in [0.25, 0.3) is 0 Å². The van der Waals surface area contributed by atoms with Gasteiger partial charge < -0.3 is 4.90 Å². The number of nitrogens with zero attached hydrogens (tertiary/aromatic N) is 3. The number of halogens is 2. The molecule has 0 spiro atoms. The van der Waals surface area contributed by atoms with Gasteiger partial charge in [0, 0.05) is 14.1 Å². The van der Waals surface area contributed by atoms with Gasteiger partial charge in [0.05, 0.1) is 0 Å². The second-order valence-electron chi connectivity index (χ2n) is 2.20. The Morgan fingerprint density at radius 1 is 1.45 bits per heavy atom. The molecule has 60 valence electrons. The highest BCUT2D eigenvalue weighted by molar-refractivity contribution is 6.29. The summed E-state index contributed by atoms with van der Waals surface area (Å²) in [5.41, 5.74) is 0. The summed E-state index contributed by atoms with van der Waals surface area (Å²) in [7, 11) is 3.36. The lowest BCUT2D eigenvalue weighted by Gasteiger charge is -2.10. The van der Waals surface area contributed by atoms with Gasteiger partial charge >= 0.3 is 0 Å². The molecule has 0 aliphatic heterocycles. The monoisotopic (exact) mass is 175 g/mol. The molecule has 1 heterocycles. The predicted octanol–water partition coefficient (Wildman–Crippen LogP) is 1.34. The van der Waals surface area contributed by atoms with Crippen LogP contribution in [0.2, 0.25) is 5.15 Å². The minimum atomic E-state index is -0.584. The molecule has 0 radical (unpaired) electrons. The second-order valence-corrected chi connectivity index (χ2v) is 2.55. The van der Waals surface area contributed by atoms with E-state index < -0.39 is 5.82 Å². The maximum atomic E-state index is 13.0. The van der Waals surface area contributed by atoms with Gasteiger partial charge in [0.1, 0.15) is 6.33 Å². The number of hydrogen-bond acceptors (Lipinski definition) is 3. The van der Waals surface area contributed by atoms with Crippen LogP contribution in [0.1, 0.15) is 0 Å². The largest absolute Gasteiger partial charge is 0.360 e. The molecule has 0 N–H and O–H groups in total. The van der Waals surface area contributed by atoms with Crippen molar-refractivity contribution in [2.75, 3.05) is 19.0 Å². The van der Waals surface area contributed by atoms with Gasteiger partial charge in [-0.15, -0.1) is 0 Å². The van der Waals surface area contributed by atoms with Crippen molar-refractivity contribution in [3.8, 4) is 0 Å². The van der Waals surface area contributed by atoms with Crippen LogP contribution >= 0.6 is 11.6 Å². The number of aromatic nitrogens is 2. The van der Waals surface area contributed by atoms with Crippen LogP contribution in [0.15, 0.2) is 6.33 Å². The molecule has 0 aliphatic rings. The van der Waals surface area contributed by atoms with Crippen molar-refractivity contribution in [2.45, 2.75) is 0 Å². The van der Waals surface area contributed by atoms with E-state index in [1.165, 1.54) is 11.2 Å².